The molecule has 1 heterocycles. The topological polar surface area (TPSA) is 92.7 Å². The van der Waals surface area contributed by atoms with Gasteiger partial charge in [-0.2, -0.15) is 0 Å². The summed E-state index contributed by atoms with van der Waals surface area (Å²) in [4.78, 5) is 10.8. The smallest absolute Gasteiger partial charge is 0.335 e. The molecule has 22 heavy (non-hydrogen) atoms. The van der Waals surface area contributed by atoms with E-state index in [0.717, 1.165) is 6.42 Å². The molecule has 0 bridgehead atoms. The number of sulfonamides is 1. The Hall–Kier alpha value is -1.44. The fourth-order valence-electron chi connectivity index (χ4n) is 2.52. The third-order valence-electron chi connectivity index (χ3n) is 4.03. The molecule has 1 aliphatic rings. The van der Waals surface area contributed by atoms with E-state index < -0.39 is 16.0 Å². The number of hydrogen-bond donors (Lipinski definition) is 2. The van der Waals surface area contributed by atoms with Crippen molar-refractivity contribution in [2.24, 2.45) is 5.92 Å². The summed E-state index contributed by atoms with van der Waals surface area (Å²) in [6.45, 7) is 4.92. The Morgan fingerprint density at radius 2 is 2.00 bits per heavy atom. The van der Waals surface area contributed by atoms with E-state index in [9.17, 15) is 13.2 Å². The summed E-state index contributed by atoms with van der Waals surface area (Å²) in [7, 11) is -3.46. The maximum Gasteiger partial charge on any atom is 0.335 e. The van der Waals surface area contributed by atoms with E-state index in [2.05, 4.69) is 4.72 Å². The molecule has 122 valence electrons. The fraction of sp³-hybridized carbons (Fsp3) is 0.533. The third-order valence-corrected chi connectivity index (χ3v) is 5.35. The van der Waals surface area contributed by atoms with Crippen LogP contribution in [-0.4, -0.2) is 38.2 Å². The monoisotopic (exact) mass is 327 g/mol. The first-order valence-corrected chi connectivity index (χ1v) is 8.78. The molecule has 2 rings (SSSR count). The summed E-state index contributed by atoms with van der Waals surface area (Å²) in [5, 5.41) is 8.82. The number of hydrogen-bond acceptors (Lipinski definition) is 4. The molecule has 1 aliphatic heterocycles. The van der Waals surface area contributed by atoms with Gasteiger partial charge in [0.05, 0.1) is 16.9 Å². The van der Waals surface area contributed by atoms with Crippen LogP contribution in [0.15, 0.2) is 24.3 Å². The van der Waals surface area contributed by atoms with Crippen LogP contribution >= 0.6 is 0 Å². The molecule has 1 atom stereocenters. The van der Waals surface area contributed by atoms with Crippen molar-refractivity contribution in [2.45, 2.75) is 31.6 Å². The minimum atomic E-state index is -3.46. The van der Waals surface area contributed by atoms with E-state index in [1.807, 2.05) is 13.8 Å². The number of nitrogens with one attached hydrogen (secondary N) is 1. The number of aromatic carboxylic acids is 1. The van der Waals surface area contributed by atoms with Crippen LogP contribution in [-0.2, 0) is 20.5 Å². The molecule has 7 heteroatoms. The summed E-state index contributed by atoms with van der Waals surface area (Å²) in [5.41, 5.74) is 0.379. The van der Waals surface area contributed by atoms with E-state index in [1.54, 1.807) is 0 Å². The number of carboxylic acids is 1. The highest BCUT2D eigenvalue weighted by molar-refractivity contribution is 7.88. The highest BCUT2D eigenvalue weighted by Crippen LogP contribution is 2.30. The molecular weight excluding hydrogens is 306 g/mol. The molecule has 1 aromatic carbocycles. The van der Waals surface area contributed by atoms with Crippen molar-refractivity contribution in [3.63, 3.8) is 0 Å². The Kier molecular flexibility index (Phi) is 4.89. The van der Waals surface area contributed by atoms with Gasteiger partial charge in [0.15, 0.2) is 0 Å². The second-order valence-corrected chi connectivity index (χ2v) is 7.85. The van der Waals surface area contributed by atoms with Gasteiger partial charge in [-0.1, -0.05) is 12.1 Å². The second kappa shape index (κ2) is 6.36. The van der Waals surface area contributed by atoms with E-state index in [1.165, 1.54) is 24.3 Å². The molecule has 0 aromatic heterocycles. The Morgan fingerprint density at radius 3 is 2.50 bits per heavy atom. The van der Waals surface area contributed by atoms with Crippen molar-refractivity contribution in [2.75, 3.05) is 13.2 Å². The number of carbonyl (C=O) groups is 1. The van der Waals surface area contributed by atoms with Gasteiger partial charge in [0.25, 0.3) is 0 Å². The van der Waals surface area contributed by atoms with Crippen LogP contribution < -0.4 is 4.72 Å². The van der Waals surface area contributed by atoms with Crippen molar-refractivity contribution in [3.8, 4) is 0 Å². The number of benzene rings is 1. The molecule has 6 nitrogen and oxygen atoms in total. The molecule has 0 saturated carbocycles. The van der Waals surface area contributed by atoms with Crippen LogP contribution in [0, 0.1) is 5.92 Å². The molecule has 2 N–H and O–H groups in total. The average Bonchev–Trinajstić information content (AvgIpc) is 2.75. The molecule has 0 radical (unpaired) electrons. The quantitative estimate of drug-likeness (QED) is 0.828. The summed E-state index contributed by atoms with van der Waals surface area (Å²) in [6.07, 6.45) is 0.836. The highest BCUT2D eigenvalue weighted by Gasteiger charge is 2.36. The summed E-state index contributed by atoms with van der Waals surface area (Å²) in [5.74, 6) is -1.05. The maximum absolute atomic E-state index is 12.1. The van der Waals surface area contributed by atoms with Gasteiger partial charge in [-0.3, -0.25) is 0 Å². The first-order chi connectivity index (χ1) is 10.2. The van der Waals surface area contributed by atoms with Gasteiger partial charge in [0.2, 0.25) is 10.0 Å². The van der Waals surface area contributed by atoms with Crippen molar-refractivity contribution in [1.29, 1.82) is 0 Å². The maximum atomic E-state index is 12.1. The number of rotatable bonds is 6. The van der Waals surface area contributed by atoms with Gasteiger partial charge in [-0.15, -0.1) is 0 Å². The van der Waals surface area contributed by atoms with Gasteiger partial charge in [0.1, 0.15) is 0 Å². The SMILES string of the molecule is CC1(C)OCCC1CNS(=O)(=O)Cc1ccc(C(=O)O)cc1. The molecule has 1 unspecified atom stereocenters. The van der Waals surface area contributed by atoms with E-state index in [-0.39, 0.29) is 22.8 Å². The molecule has 0 spiro atoms. The Labute approximate surface area is 130 Å². The van der Waals surface area contributed by atoms with Crippen LogP contribution in [0.4, 0.5) is 0 Å². The number of carboxylic acid groups (broad SMARTS) is 1. The van der Waals surface area contributed by atoms with Gasteiger partial charge >= 0.3 is 5.97 Å². The van der Waals surface area contributed by atoms with E-state index in [4.69, 9.17) is 9.84 Å². The predicted octanol–water partition coefficient (Wildman–Crippen LogP) is 1.62. The molecule has 1 aromatic rings. The van der Waals surface area contributed by atoms with Crippen LogP contribution in [0.3, 0.4) is 0 Å². The fourth-order valence-corrected chi connectivity index (χ4v) is 3.71. The Balaban J connectivity index is 1.95. The first kappa shape index (κ1) is 16.9. The molecule has 0 amide bonds. The van der Waals surface area contributed by atoms with Crippen LogP contribution in [0.1, 0.15) is 36.2 Å². The molecule has 0 aliphatic carbocycles. The van der Waals surface area contributed by atoms with Crippen molar-refractivity contribution < 1.29 is 23.1 Å². The van der Waals surface area contributed by atoms with Gasteiger partial charge in [-0.25, -0.2) is 17.9 Å². The first-order valence-electron chi connectivity index (χ1n) is 7.13. The van der Waals surface area contributed by atoms with Gasteiger partial charge in [-0.05, 0) is 38.0 Å². The minimum Gasteiger partial charge on any atom is -0.478 e. The van der Waals surface area contributed by atoms with E-state index in [0.29, 0.717) is 18.7 Å². The predicted molar refractivity (Wildman–Crippen MR) is 82.2 cm³/mol. The third kappa shape index (κ3) is 4.28. The van der Waals surface area contributed by atoms with Crippen LogP contribution in [0.2, 0.25) is 0 Å². The zero-order chi connectivity index (χ0) is 16.4. The minimum absolute atomic E-state index is 0.138. The Bertz CT molecular complexity index is 636. The lowest BCUT2D eigenvalue weighted by Crippen LogP contribution is -2.38. The van der Waals surface area contributed by atoms with Crippen molar-refractivity contribution in [1.82, 2.24) is 4.72 Å². The summed E-state index contributed by atoms with van der Waals surface area (Å²) in [6, 6.07) is 5.85. The lowest BCUT2D eigenvalue weighted by Gasteiger charge is -2.25. The zero-order valence-corrected chi connectivity index (χ0v) is 13.5. The summed E-state index contributed by atoms with van der Waals surface area (Å²) < 4.78 is 32.4. The normalized spacial score (nSPS) is 20.9. The Morgan fingerprint density at radius 1 is 1.36 bits per heavy atom. The lowest BCUT2D eigenvalue weighted by atomic mass is 9.91. The largest absolute Gasteiger partial charge is 0.478 e. The van der Waals surface area contributed by atoms with Crippen molar-refractivity contribution >= 4 is 16.0 Å². The molecular formula is C15H21NO5S. The molecule has 1 saturated heterocycles. The van der Waals surface area contributed by atoms with Crippen LogP contribution in [0.5, 0.6) is 0 Å². The van der Waals surface area contributed by atoms with Crippen molar-refractivity contribution in [3.05, 3.63) is 35.4 Å². The van der Waals surface area contributed by atoms with E-state index >= 15 is 0 Å². The summed E-state index contributed by atoms with van der Waals surface area (Å²) >= 11 is 0. The standard InChI is InChI=1S/C15H21NO5S/c1-15(2)13(7-8-21-15)9-16-22(19,20)10-11-3-5-12(6-4-11)14(17)18/h3-6,13,16H,7-10H2,1-2H3,(H,17,18). The van der Waals surface area contributed by atoms with Crippen LogP contribution in [0.25, 0.3) is 0 Å². The average molecular weight is 327 g/mol. The second-order valence-electron chi connectivity index (χ2n) is 6.05. The van der Waals surface area contributed by atoms with Gasteiger partial charge in [0, 0.05) is 19.1 Å². The zero-order valence-electron chi connectivity index (χ0n) is 12.7. The number of ether oxygens (including phenoxy) is 1. The lowest BCUT2D eigenvalue weighted by molar-refractivity contribution is 0.0125. The molecule has 1 fully saturated rings. The highest BCUT2D eigenvalue weighted by atomic mass is 32.2. The van der Waals surface area contributed by atoms with Gasteiger partial charge < -0.3 is 9.84 Å².